The first kappa shape index (κ1) is 15.6. The Morgan fingerprint density at radius 2 is 2.19 bits per heavy atom. The van der Waals surface area contributed by atoms with E-state index in [-0.39, 0.29) is 12.0 Å². The van der Waals surface area contributed by atoms with Crippen LogP contribution in [0.4, 0.5) is 0 Å². The minimum absolute atomic E-state index is 0.0475. The van der Waals surface area contributed by atoms with Gasteiger partial charge in [-0.1, -0.05) is 12.1 Å². The summed E-state index contributed by atoms with van der Waals surface area (Å²) in [6.45, 7) is 7.16. The Labute approximate surface area is 125 Å². The van der Waals surface area contributed by atoms with E-state index in [4.69, 9.17) is 4.74 Å². The first-order valence-corrected chi connectivity index (χ1v) is 7.51. The molecule has 0 atom stereocenters. The van der Waals surface area contributed by atoms with E-state index in [0.717, 1.165) is 11.9 Å². The van der Waals surface area contributed by atoms with E-state index in [1.165, 1.54) is 16.5 Å². The van der Waals surface area contributed by atoms with E-state index in [0.29, 0.717) is 19.6 Å². The van der Waals surface area contributed by atoms with Crippen LogP contribution in [-0.4, -0.2) is 30.1 Å². The van der Waals surface area contributed by atoms with E-state index < -0.39 is 0 Å². The molecule has 0 bridgehead atoms. The van der Waals surface area contributed by atoms with Gasteiger partial charge in [-0.05, 0) is 44.4 Å². The molecule has 2 rings (SSSR count). The van der Waals surface area contributed by atoms with E-state index in [9.17, 15) is 4.79 Å². The number of fused-ring (bicyclic) bond motifs is 1. The second-order valence-electron chi connectivity index (χ2n) is 5.63. The van der Waals surface area contributed by atoms with Gasteiger partial charge in [0.25, 0.3) is 0 Å². The molecule has 2 N–H and O–H groups in total. The van der Waals surface area contributed by atoms with Crippen LogP contribution in [0.2, 0.25) is 0 Å². The lowest BCUT2D eigenvalue weighted by Gasteiger charge is -2.08. The number of ether oxygens (including phenoxy) is 1. The van der Waals surface area contributed by atoms with E-state index in [1.54, 1.807) is 0 Å². The molecule has 2 aromatic rings. The van der Waals surface area contributed by atoms with Crippen LogP contribution in [-0.2, 0) is 16.0 Å². The van der Waals surface area contributed by atoms with Crippen molar-refractivity contribution in [3.63, 3.8) is 0 Å². The van der Waals surface area contributed by atoms with Gasteiger partial charge in [-0.25, -0.2) is 0 Å². The van der Waals surface area contributed by atoms with E-state index in [2.05, 4.69) is 35.4 Å². The van der Waals surface area contributed by atoms with Crippen LogP contribution in [0.25, 0.3) is 10.9 Å². The molecular weight excluding hydrogens is 264 g/mol. The largest absolute Gasteiger partial charge is 0.378 e. The van der Waals surface area contributed by atoms with Gasteiger partial charge in [0.2, 0.25) is 5.91 Å². The van der Waals surface area contributed by atoms with Gasteiger partial charge in [-0.15, -0.1) is 0 Å². The van der Waals surface area contributed by atoms with Gasteiger partial charge in [-0.3, -0.25) is 4.79 Å². The fourth-order valence-electron chi connectivity index (χ4n) is 2.32. The summed E-state index contributed by atoms with van der Waals surface area (Å²) < 4.78 is 5.37. The Morgan fingerprint density at radius 3 is 2.95 bits per heavy atom. The highest BCUT2D eigenvalue weighted by Crippen LogP contribution is 2.19. The van der Waals surface area contributed by atoms with Gasteiger partial charge >= 0.3 is 0 Å². The molecule has 0 aliphatic carbocycles. The lowest BCUT2D eigenvalue weighted by Crippen LogP contribution is -2.26. The van der Waals surface area contributed by atoms with Crippen molar-refractivity contribution in [2.75, 3.05) is 13.2 Å². The van der Waals surface area contributed by atoms with Gasteiger partial charge in [-0.2, -0.15) is 0 Å². The van der Waals surface area contributed by atoms with Crippen LogP contribution in [0, 0.1) is 6.92 Å². The predicted octanol–water partition coefficient (Wildman–Crippen LogP) is 2.95. The summed E-state index contributed by atoms with van der Waals surface area (Å²) in [4.78, 5) is 14.9. The van der Waals surface area contributed by atoms with Gasteiger partial charge in [0.15, 0.2) is 0 Å². The van der Waals surface area contributed by atoms with Crippen LogP contribution < -0.4 is 5.32 Å². The molecular formula is C17H24N2O2. The number of H-pyrrole nitrogens is 1. The van der Waals surface area contributed by atoms with E-state index >= 15 is 0 Å². The molecule has 0 radical (unpaired) electrons. The number of benzene rings is 1. The Balaban J connectivity index is 1.78. The lowest BCUT2D eigenvalue weighted by atomic mass is 10.1. The zero-order valence-electron chi connectivity index (χ0n) is 13.0. The molecule has 0 saturated heterocycles. The second-order valence-corrected chi connectivity index (χ2v) is 5.63. The SMILES string of the molecule is Cc1ccc2c(CCNC(=O)CCOC(C)C)c[nH]c2c1. The molecule has 114 valence electrons. The van der Waals surface area contributed by atoms with Crippen molar-refractivity contribution in [3.8, 4) is 0 Å². The summed E-state index contributed by atoms with van der Waals surface area (Å²) >= 11 is 0. The van der Waals surface area contributed by atoms with Gasteiger partial charge < -0.3 is 15.0 Å². The average Bonchev–Trinajstić information content (AvgIpc) is 2.80. The molecule has 0 unspecified atom stereocenters. The van der Waals surface area contributed by atoms with Gasteiger partial charge in [0.1, 0.15) is 0 Å². The summed E-state index contributed by atoms with van der Waals surface area (Å²) in [5, 5.41) is 4.17. The maximum atomic E-state index is 11.7. The molecule has 1 heterocycles. The van der Waals surface area contributed by atoms with Crippen LogP contribution in [0.3, 0.4) is 0 Å². The summed E-state index contributed by atoms with van der Waals surface area (Å²) in [7, 11) is 0. The predicted molar refractivity (Wildman–Crippen MR) is 85.5 cm³/mol. The van der Waals surface area contributed by atoms with Gasteiger partial charge in [0.05, 0.1) is 12.7 Å². The highest BCUT2D eigenvalue weighted by molar-refractivity contribution is 5.84. The van der Waals surface area contributed by atoms with Crippen molar-refractivity contribution >= 4 is 16.8 Å². The minimum atomic E-state index is 0.0475. The average molecular weight is 288 g/mol. The van der Waals surface area contributed by atoms with Crippen molar-refractivity contribution in [1.82, 2.24) is 10.3 Å². The van der Waals surface area contributed by atoms with Crippen molar-refractivity contribution < 1.29 is 9.53 Å². The van der Waals surface area contributed by atoms with Crippen LogP contribution in [0.5, 0.6) is 0 Å². The number of amides is 1. The fraction of sp³-hybridized carbons (Fsp3) is 0.471. The Kier molecular flexibility index (Phi) is 5.39. The van der Waals surface area contributed by atoms with Crippen molar-refractivity contribution in [3.05, 3.63) is 35.5 Å². The maximum absolute atomic E-state index is 11.7. The summed E-state index contributed by atoms with van der Waals surface area (Å²) in [5.41, 5.74) is 3.64. The van der Waals surface area contributed by atoms with Gasteiger partial charge in [0, 0.05) is 30.1 Å². The third kappa shape index (κ3) is 4.60. The number of nitrogens with one attached hydrogen (secondary N) is 2. The zero-order chi connectivity index (χ0) is 15.2. The third-order valence-corrected chi connectivity index (χ3v) is 3.42. The number of hydrogen-bond acceptors (Lipinski definition) is 2. The molecule has 0 fully saturated rings. The second kappa shape index (κ2) is 7.27. The van der Waals surface area contributed by atoms with Crippen molar-refractivity contribution in [2.24, 2.45) is 0 Å². The van der Waals surface area contributed by atoms with Crippen LogP contribution in [0.15, 0.2) is 24.4 Å². The number of rotatable bonds is 7. The lowest BCUT2D eigenvalue weighted by molar-refractivity contribution is -0.122. The molecule has 0 aliphatic rings. The molecule has 0 saturated carbocycles. The zero-order valence-corrected chi connectivity index (χ0v) is 13.0. The topological polar surface area (TPSA) is 54.1 Å². The summed E-state index contributed by atoms with van der Waals surface area (Å²) in [6.07, 6.45) is 3.45. The highest BCUT2D eigenvalue weighted by Gasteiger charge is 2.05. The molecule has 0 aliphatic heterocycles. The molecule has 1 aromatic carbocycles. The number of carbonyl (C=O) groups is 1. The number of aromatic nitrogens is 1. The number of aromatic amines is 1. The number of hydrogen-bond donors (Lipinski definition) is 2. The first-order chi connectivity index (χ1) is 10.1. The van der Waals surface area contributed by atoms with E-state index in [1.807, 2.05) is 20.0 Å². The normalized spacial score (nSPS) is 11.2. The molecule has 0 spiro atoms. The van der Waals surface area contributed by atoms with Crippen LogP contribution in [0.1, 0.15) is 31.4 Å². The highest BCUT2D eigenvalue weighted by atomic mass is 16.5. The van der Waals surface area contributed by atoms with Crippen molar-refractivity contribution in [1.29, 1.82) is 0 Å². The van der Waals surface area contributed by atoms with Crippen LogP contribution >= 0.6 is 0 Å². The molecule has 4 heteroatoms. The standard InChI is InChI=1S/C17H24N2O2/c1-12(2)21-9-7-17(20)18-8-6-14-11-19-16-10-13(3)4-5-15(14)16/h4-5,10-12,19H,6-9H2,1-3H3,(H,18,20). The molecule has 4 nitrogen and oxygen atoms in total. The van der Waals surface area contributed by atoms with Crippen molar-refractivity contribution in [2.45, 2.75) is 39.7 Å². The quantitative estimate of drug-likeness (QED) is 0.823. The first-order valence-electron chi connectivity index (χ1n) is 7.51. The number of aryl methyl sites for hydroxylation is 1. The monoisotopic (exact) mass is 288 g/mol. The Bertz CT molecular complexity index is 602. The Hall–Kier alpha value is -1.81. The molecule has 21 heavy (non-hydrogen) atoms. The Morgan fingerprint density at radius 1 is 1.38 bits per heavy atom. The summed E-state index contributed by atoms with van der Waals surface area (Å²) in [5.74, 6) is 0.0475. The minimum Gasteiger partial charge on any atom is -0.378 e. The summed E-state index contributed by atoms with van der Waals surface area (Å²) in [6, 6.07) is 6.39. The maximum Gasteiger partial charge on any atom is 0.222 e. The molecule has 1 aromatic heterocycles. The molecule has 1 amide bonds. The fourth-order valence-corrected chi connectivity index (χ4v) is 2.32. The third-order valence-electron chi connectivity index (χ3n) is 3.42. The number of carbonyl (C=O) groups excluding carboxylic acids is 1. The smallest absolute Gasteiger partial charge is 0.222 e.